The fourth-order valence-corrected chi connectivity index (χ4v) is 2.95. The lowest BCUT2D eigenvalue weighted by Crippen LogP contribution is -2.40. The molecule has 1 aromatic carbocycles. The monoisotopic (exact) mass is 247 g/mol. The maximum Gasteiger partial charge on any atom is 0.335 e. The number of nitrogens with zero attached hydrogens (tertiary/aromatic N) is 1. The lowest BCUT2D eigenvalue weighted by Gasteiger charge is -2.33. The number of aromatic carboxylic acids is 1. The summed E-state index contributed by atoms with van der Waals surface area (Å²) in [7, 11) is 0. The van der Waals surface area contributed by atoms with E-state index < -0.39 is 5.97 Å². The largest absolute Gasteiger partial charge is 0.478 e. The molecule has 0 aromatic heterocycles. The van der Waals surface area contributed by atoms with Crippen molar-refractivity contribution >= 4 is 5.97 Å². The molecule has 2 aliphatic heterocycles. The summed E-state index contributed by atoms with van der Waals surface area (Å²) in [4.78, 5) is 13.6. The van der Waals surface area contributed by atoms with Gasteiger partial charge in [-0.3, -0.25) is 4.90 Å². The lowest BCUT2D eigenvalue weighted by atomic mass is 9.93. The minimum absolute atomic E-state index is 0.467. The van der Waals surface area contributed by atoms with Crippen LogP contribution in [0.1, 0.15) is 27.9 Å². The van der Waals surface area contributed by atoms with E-state index in [0.717, 1.165) is 50.3 Å². The van der Waals surface area contributed by atoms with Crippen molar-refractivity contribution in [2.75, 3.05) is 19.8 Å². The van der Waals surface area contributed by atoms with E-state index in [4.69, 9.17) is 4.74 Å². The minimum atomic E-state index is -0.815. The Morgan fingerprint density at radius 1 is 1.44 bits per heavy atom. The van der Waals surface area contributed by atoms with E-state index in [0.29, 0.717) is 11.6 Å². The van der Waals surface area contributed by atoms with Gasteiger partial charge in [0.05, 0.1) is 12.2 Å². The number of hydrogen-bond acceptors (Lipinski definition) is 3. The van der Waals surface area contributed by atoms with E-state index in [1.807, 2.05) is 12.1 Å². The second-order valence-electron chi connectivity index (χ2n) is 4.99. The van der Waals surface area contributed by atoms with Gasteiger partial charge < -0.3 is 9.84 Å². The molecule has 0 radical (unpaired) electrons. The Morgan fingerprint density at radius 2 is 2.33 bits per heavy atom. The van der Waals surface area contributed by atoms with Gasteiger partial charge in [0.15, 0.2) is 0 Å². The molecule has 96 valence electrons. The topological polar surface area (TPSA) is 49.8 Å². The molecule has 0 bridgehead atoms. The van der Waals surface area contributed by atoms with Gasteiger partial charge in [-0.25, -0.2) is 4.79 Å². The molecule has 0 aliphatic carbocycles. The fourth-order valence-electron chi connectivity index (χ4n) is 2.95. The van der Waals surface area contributed by atoms with E-state index in [1.165, 1.54) is 0 Å². The number of carboxylic acids is 1. The molecule has 2 aliphatic rings. The Hall–Kier alpha value is -1.39. The molecule has 4 nitrogen and oxygen atoms in total. The zero-order valence-electron chi connectivity index (χ0n) is 10.3. The molecule has 0 spiro atoms. The normalized spacial score (nSPS) is 23.9. The number of ether oxygens (including phenoxy) is 1. The summed E-state index contributed by atoms with van der Waals surface area (Å²) in [6.07, 6.45) is 1.92. The smallest absolute Gasteiger partial charge is 0.335 e. The second-order valence-corrected chi connectivity index (χ2v) is 4.99. The highest BCUT2D eigenvalue weighted by Crippen LogP contribution is 2.26. The Labute approximate surface area is 106 Å². The zero-order valence-corrected chi connectivity index (χ0v) is 10.3. The number of fused-ring (bicyclic) bond motifs is 1. The van der Waals surface area contributed by atoms with E-state index in [-0.39, 0.29) is 0 Å². The van der Waals surface area contributed by atoms with Crippen molar-refractivity contribution < 1.29 is 14.6 Å². The highest BCUT2D eigenvalue weighted by atomic mass is 16.5. The van der Waals surface area contributed by atoms with Gasteiger partial charge in [0.2, 0.25) is 0 Å². The van der Waals surface area contributed by atoms with Crippen LogP contribution in [0.4, 0.5) is 0 Å². The SMILES string of the molecule is O=C(O)c1cccc2c1CCN(C1CCOC1)C2. The van der Waals surface area contributed by atoms with Crippen molar-refractivity contribution in [3.63, 3.8) is 0 Å². The Balaban J connectivity index is 1.84. The maximum atomic E-state index is 11.2. The van der Waals surface area contributed by atoms with Gasteiger partial charge in [-0.1, -0.05) is 12.1 Å². The number of carboxylic acid groups (broad SMARTS) is 1. The summed E-state index contributed by atoms with van der Waals surface area (Å²) in [5, 5.41) is 9.18. The number of hydrogen-bond donors (Lipinski definition) is 1. The highest BCUT2D eigenvalue weighted by molar-refractivity contribution is 5.89. The third kappa shape index (κ3) is 2.02. The van der Waals surface area contributed by atoms with Crippen molar-refractivity contribution in [1.29, 1.82) is 0 Å². The van der Waals surface area contributed by atoms with Crippen LogP contribution >= 0.6 is 0 Å². The van der Waals surface area contributed by atoms with Crippen molar-refractivity contribution in [3.8, 4) is 0 Å². The Morgan fingerprint density at radius 3 is 3.06 bits per heavy atom. The summed E-state index contributed by atoms with van der Waals surface area (Å²) in [5.41, 5.74) is 2.64. The van der Waals surface area contributed by atoms with Crippen LogP contribution in [0, 0.1) is 0 Å². The summed E-state index contributed by atoms with van der Waals surface area (Å²) < 4.78 is 5.42. The van der Waals surface area contributed by atoms with E-state index in [1.54, 1.807) is 6.07 Å². The maximum absolute atomic E-state index is 11.2. The molecule has 1 N–H and O–H groups in total. The Kier molecular flexibility index (Phi) is 3.06. The molecule has 1 fully saturated rings. The molecule has 2 heterocycles. The van der Waals surface area contributed by atoms with Crippen LogP contribution in [0.3, 0.4) is 0 Å². The quantitative estimate of drug-likeness (QED) is 0.861. The zero-order chi connectivity index (χ0) is 12.5. The highest BCUT2D eigenvalue weighted by Gasteiger charge is 2.28. The van der Waals surface area contributed by atoms with Gasteiger partial charge in [0.25, 0.3) is 0 Å². The van der Waals surface area contributed by atoms with Crippen LogP contribution in [0.15, 0.2) is 18.2 Å². The summed E-state index contributed by atoms with van der Waals surface area (Å²) in [6, 6.07) is 6.10. The number of benzene rings is 1. The molecular weight excluding hydrogens is 230 g/mol. The first kappa shape index (κ1) is 11.7. The summed E-state index contributed by atoms with van der Waals surface area (Å²) in [6.45, 7) is 3.45. The lowest BCUT2D eigenvalue weighted by molar-refractivity contribution is 0.0693. The molecule has 1 atom stereocenters. The molecule has 1 saturated heterocycles. The molecule has 0 saturated carbocycles. The predicted octanol–water partition coefficient (Wildman–Crippen LogP) is 1.53. The standard InChI is InChI=1S/C14H17NO3/c16-14(17)13-3-1-2-10-8-15(6-4-12(10)13)11-5-7-18-9-11/h1-3,11H,4-9H2,(H,16,17). The van der Waals surface area contributed by atoms with Crippen molar-refractivity contribution in [3.05, 3.63) is 34.9 Å². The molecule has 3 rings (SSSR count). The first-order valence-electron chi connectivity index (χ1n) is 6.41. The van der Waals surface area contributed by atoms with Crippen LogP contribution in [0.25, 0.3) is 0 Å². The molecule has 0 amide bonds. The molecule has 4 heteroatoms. The molecule has 1 aromatic rings. The fraction of sp³-hybridized carbons (Fsp3) is 0.500. The van der Waals surface area contributed by atoms with Crippen molar-refractivity contribution in [1.82, 2.24) is 4.90 Å². The number of rotatable bonds is 2. The van der Waals surface area contributed by atoms with Crippen LogP contribution in [-0.4, -0.2) is 41.8 Å². The first-order valence-corrected chi connectivity index (χ1v) is 6.41. The van der Waals surface area contributed by atoms with Crippen molar-refractivity contribution in [2.24, 2.45) is 0 Å². The van der Waals surface area contributed by atoms with Crippen molar-refractivity contribution in [2.45, 2.75) is 25.4 Å². The Bertz CT molecular complexity index is 466. The van der Waals surface area contributed by atoms with Crippen LogP contribution in [-0.2, 0) is 17.7 Å². The summed E-state index contributed by atoms with van der Waals surface area (Å²) >= 11 is 0. The van der Waals surface area contributed by atoms with Gasteiger partial charge in [0.1, 0.15) is 0 Å². The van der Waals surface area contributed by atoms with E-state index in [2.05, 4.69) is 4.90 Å². The molecular formula is C14H17NO3. The third-order valence-corrected chi connectivity index (χ3v) is 3.95. The summed E-state index contributed by atoms with van der Waals surface area (Å²) in [5.74, 6) is -0.815. The number of carbonyl (C=O) groups is 1. The first-order chi connectivity index (χ1) is 8.75. The van der Waals surface area contributed by atoms with Gasteiger partial charge in [-0.15, -0.1) is 0 Å². The average Bonchev–Trinajstić information content (AvgIpc) is 2.91. The van der Waals surface area contributed by atoms with Gasteiger partial charge in [0, 0.05) is 25.7 Å². The third-order valence-electron chi connectivity index (χ3n) is 3.95. The minimum Gasteiger partial charge on any atom is -0.478 e. The van der Waals surface area contributed by atoms with E-state index in [9.17, 15) is 9.90 Å². The van der Waals surface area contributed by atoms with Gasteiger partial charge in [-0.2, -0.15) is 0 Å². The van der Waals surface area contributed by atoms with Crippen LogP contribution in [0.5, 0.6) is 0 Å². The van der Waals surface area contributed by atoms with Gasteiger partial charge in [-0.05, 0) is 30.0 Å². The van der Waals surface area contributed by atoms with Crippen LogP contribution < -0.4 is 0 Å². The van der Waals surface area contributed by atoms with Gasteiger partial charge >= 0.3 is 5.97 Å². The second kappa shape index (κ2) is 4.71. The molecule has 1 unspecified atom stereocenters. The molecule has 18 heavy (non-hydrogen) atoms. The average molecular weight is 247 g/mol. The predicted molar refractivity (Wildman–Crippen MR) is 66.7 cm³/mol. The van der Waals surface area contributed by atoms with Crippen LogP contribution in [0.2, 0.25) is 0 Å². The van der Waals surface area contributed by atoms with E-state index >= 15 is 0 Å².